The number of piperidine rings is 1. The maximum Gasteiger partial charge on any atom is 0.134 e. The zero-order valence-electron chi connectivity index (χ0n) is 15.3. The average molecular weight is 354 g/mol. The van der Waals surface area contributed by atoms with Crippen molar-refractivity contribution in [1.29, 1.82) is 0 Å². The number of methoxy groups -OCH3 is 1. The highest BCUT2D eigenvalue weighted by atomic mass is 16.5. The fraction of sp³-hybridized carbons (Fsp3) is 0.500. The van der Waals surface area contributed by atoms with Crippen LogP contribution in [-0.2, 0) is 13.0 Å². The van der Waals surface area contributed by atoms with Crippen molar-refractivity contribution in [2.75, 3.05) is 43.2 Å². The standard InChI is InChI=1S/C20H26N4O2/c1-26-18-6-2-5-16-12-24(9-7-17(16)18)20-10-19(21-14-22-20)23-8-3-4-15(11-23)13-25/h2,5-6,10,14-15,25H,3-4,7-9,11-13H2,1H3. The second kappa shape index (κ2) is 7.50. The smallest absolute Gasteiger partial charge is 0.134 e. The quantitative estimate of drug-likeness (QED) is 0.909. The lowest BCUT2D eigenvalue weighted by molar-refractivity contribution is 0.208. The van der Waals surface area contributed by atoms with Gasteiger partial charge in [0.05, 0.1) is 7.11 Å². The number of rotatable bonds is 4. The molecule has 6 nitrogen and oxygen atoms in total. The van der Waals surface area contributed by atoms with E-state index in [-0.39, 0.29) is 6.61 Å². The fourth-order valence-corrected chi connectivity index (χ4v) is 4.07. The van der Waals surface area contributed by atoms with Gasteiger partial charge < -0.3 is 19.6 Å². The number of fused-ring (bicyclic) bond motifs is 1. The molecule has 0 bridgehead atoms. The molecular formula is C20H26N4O2. The molecule has 2 aliphatic rings. The summed E-state index contributed by atoms with van der Waals surface area (Å²) >= 11 is 0. The third-order valence-electron chi connectivity index (χ3n) is 5.51. The fourth-order valence-electron chi connectivity index (χ4n) is 4.07. The number of hydrogen-bond donors (Lipinski definition) is 1. The topological polar surface area (TPSA) is 61.7 Å². The van der Waals surface area contributed by atoms with Gasteiger partial charge in [-0.05, 0) is 36.8 Å². The summed E-state index contributed by atoms with van der Waals surface area (Å²) in [6, 6.07) is 8.34. The van der Waals surface area contributed by atoms with Gasteiger partial charge in [0.25, 0.3) is 0 Å². The highest BCUT2D eigenvalue weighted by molar-refractivity contribution is 5.53. The van der Waals surface area contributed by atoms with Gasteiger partial charge in [-0.3, -0.25) is 0 Å². The molecular weight excluding hydrogens is 328 g/mol. The van der Waals surface area contributed by atoms with Crippen LogP contribution >= 0.6 is 0 Å². The molecule has 3 heterocycles. The summed E-state index contributed by atoms with van der Waals surface area (Å²) in [5.74, 6) is 3.25. The van der Waals surface area contributed by atoms with E-state index in [1.54, 1.807) is 13.4 Å². The second-order valence-electron chi connectivity index (χ2n) is 7.14. The summed E-state index contributed by atoms with van der Waals surface area (Å²) < 4.78 is 5.50. The summed E-state index contributed by atoms with van der Waals surface area (Å²) in [6.07, 6.45) is 4.81. The summed E-state index contributed by atoms with van der Waals surface area (Å²) in [6.45, 7) is 3.87. The Morgan fingerprint density at radius 2 is 2.04 bits per heavy atom. The van der Waals surface area contributed by atoms with Gasteiger partial charge in [-0.25, -0.2) is 9.97 Å². The number of benzene rings is 1. The molecule has 26 heavy (non-hydrogen) atoms. The van der Waals surface area contributed by atoms with E-state index in [1.165, 1.54) is 11.1 Å². The number of anilines is 2. The van der Waals surface area contributed by atoms with Gasteiger partial charge in [-0.2, -0.15) is 0 Å². The molecule has 2 aliphatic heterocycles. The molecule has 4 rings (SSSR count). The molecule has 0 radical (unpaired) electrons. The first-order chi connectivity index (χ1) is 12.8. The molecule has 0 saturated carbocycles. The second-order valence-corrected chi connectivity index (χ2v) is 7.14. The Morgan fingerprint density at radius 3 is 2.85 bits per heavy atom. The molecule has 2 aromatic rings. The van der Waals surface area contributed by atoms with Gasteiger partial charge in [0, 0.05) is 44.4 Å². The Bertz CT molecular complexity index is 767. The van der Waals surface area contributed by atoms with E-state index in [1.807, 2.05) is 6.07 Å². The Balaban J connectivity index is 1.54. The molecule has 1 aromatic heterocycles. The van der Waals surface area contributed by atoms with E-state index >= 15 is 0 Å². The van der Waals surface area contributed by atoms with Crippen molar-refractivity contribution in [1.82, 2.24) is 9.97 Å². The first kappa shape index (κ1) is 17.1. The Hall–Kier alpha value is -2.34. The van der Waals surface area contributed by atoms with E-state index in [9.17, 15) is 5.11 Å². The van der Waals surface area contributed by atoms with E-state index in [2.05, 4.69) is 38.0 Å². The Labute approximate surface area is 154 Å². The molecule has 1 N–H and O–H groups in total. The van der Waals surface area contributed by atoms with Crippen LogP contribution in [0.25, 0.3) is 0 Å². The van der Waals surface area contributed by atoms with Crippen LogP contribution in [0.3, 0.4) is 0 Å². The highest BCUT2D eigenvalue weighted by Crippen LogP contribution is 2.31. The Kier molecular flexibility index (Phi) is 4.93. The van der Waals surface area contributed by atoms with E-state index in [0.29, 0.717) is 5.92 Å². The zero-order chi connectivity index (χ0) is 17.9. The SMILES string of the molecule is COc1cccc2c1CCN(c1cc(N3CCCC(CO)C3)ncn1)C2. The van der Waals surface area contributed by atoms with Crippen LogP contribution in [0.4, 0.5) is 11.6 Å². The van der Waals surface area contributed by atoms with Crippen molar-refractivity contribution >= 4 is 11.6 Å². The maximum atomic E-state index is 9.47. The van der Waals surface area contributed by atoms with E-state index < -0.39 is 0 Å². The molecule has 0 spiro atoms. The van der Waals surface area contributed by atoms with Crippen molar-refractivity contribution in [2.24, 2.45) is 5.92 Å². The predicted molar refractivity (Wildman–Crippen MR) is 102 cm³/mol. The summed E-state index contributed by atoms with van der Waals surface area (Å²) in [4.78, 5) is 13.6. The summed E-state index contributed by atoms with van der Waals surface area (Å²) in [7, 11) is 1.73. The van der Waals surface area contributed by atoms with E-state index in [4.69, 9.17) is 4.74 Å². The molecule has 1 unspecified atom stereocenters. The number of aromatic nitrogens is 2. The largest absolute Gasteiger partial charge is 0.496 e. The minimum absolute atomic E-state index is 0.249. The summed E-state index contributed by atoms with van der Waals surface area (Å²) in [5.41, 5.74) is 2.61. The normalized spacial score (nSPS) is 20.0. The van der Waals surface area contributed by atoms with Crippen molar-refractivity contribution in [3.8, 4) is 5.75 Å². The van der Waals surface area contributed by atoms with Crippen LogP contribution in [0.2, 0.25) is 0 Å². The van der Waals surface area contributed by atoms with Crippen molar-refractivity contribution in [3.05, 3.63) is 41.7 Å². The molecule has 1 fully saturated rings. The van der Waals surface area contributed by atoms with Gasteiger partial charge in [-0.1, -0.05) is 12.1 Å². The monoisotopic (exact) mass is 354 g/mol. The zero-order valence-corrected chi connectivity index (χ0v) is 15.3. The first-order valence-corrected chi connectivity index (χ1v) is 9.36. The molecule has 1 aromatic carbocycles. The van der Waals surface area contributed by atoms with Crippen LogP contribution in [0.15, 0.2) is 30.6 Å². The van der Waals surface area contributed by atoms with E-state index in [0.717, 1.165) is 62.8 Å². The number of nitrogens with zero attached hydrogens (tertiary/aromatic N) is 4. The molecule has 1 atom stereocenters. The van der Waals surface area contributed by atoms with Crippen LogP contribution in [0.1, 0.15) is 24.0 Å². The Morgan fingerprint density at radius 1 is 1.19 bits per heavy atom. The van der Waals surface area contributed by atoms with Gasteiger partial charge in [0.2, 0.25) is 0 Å². The van der Waals surface area contributed by atoms with Crippen LogP contribution in [0.5, 0.6) is 5.75 Å². The lowest BCUT2D eigenvalue weighted by atomic mass is 9.98. The lowest BCUT2D eigenvalue weighted by Crippen LogP contribution is -2.37. The number of aliphatic hydroxyl groups excluding tert-OH is 1. The van der Waals surface area contributed by atoms with Crippen LogP contribution in [0, 0.1) is 5.92 Å². The van der Waals surface area contributed by atoms with Crippen LogP contribution in [-0.4, -0.2) is 48.4 Å². The molecule has 6 heteroatoms. The van der Waals surface area contributed by atoms with Crippen molar-refractivity contribution < 1.29 is 9.84 Å². The van der Waals surface area contributed by atoms with Crippen LogP contribution < -0.4 is 14.5 Å². The highest BCUT2D eigenvalue weighted by Gasteiger charge is 2.23. The van der Waals surface area contributed by atoms with Gasteiger partial charge in [-0.15, -0.1) is 0 Å². The third-order valence-corrected chi connectivity index (χ3v) is 5.51. The summed E-state index contributed by atoms with van der Waals surface area (Å²) in [5, 5.41) is 9.47. The number of hydrogen-bond acceptors (Lipinski definition) is 6. The maximum absolute atomic E-state index is 9.47. The first-order valence-electron chi connectivity index (χ1n) is 9.36. The molecule has 0 aliphatic carbocycles. The molecule has 1 saturated heterocycles. The number of ether oxygens (including phenoxy) is 1. The minimum atomic E-state index is 0.249. The molecule has 0 amide bonds. The van der Waals surface area contributed by atoms with Crippen molar-refractivity contribution in [3.63, 3.8) is 0 Å². The number of aliphatic hydroxyl groups is 1. The third kappa shape index (κ3) is 3.33. The average Bonchev–Trinajstić information content (AvgIpc) is 2.73. The lowest BCUT2D eigenvalue weighted by Gasteiger charge is -2.34. The predicted octanol–water partition coefficient (Wildman–Crippen LogP) is 2.26. The molecule has 138 valence electrons. The van der Waals surface area contributed by atoms with Gasteiger partial charge >= 0.3 is 0 Å². The minimum Gasteiger partial charge on any atom is -0.496 e. The van der Waals surface area contributed by atoms with Gasteiger partial charge in [0.15, 0.2) is 0 Å². The van der Waals surface area contributed by atoms with Crippen molar-refractivity contribution in [2.45, 2.75) is 25.8 Å². The van der Waals surface area contributed by atoms with Gasteiger partial charge in [0.1, 0.15) is 23.7 Å².